The summed E-state index contributed by atoms with van der Waals surface area (Å²) in [7, 11) is 0. The Labute approximate surface area is 113 Å². The maximum absolute atomic E-state index is 12.3. The zero-order chi connectivity index (χ0) is 14.2. The van der Waals surface area contributed by atoms with Crippen LogP contribution in [0, 0.1) is 5.41 Å². The van der Waals surface area contributed by atoms with Crippen LogP contribution in [-0.2, 0) is 16.0 Å². The molecule has 0 unspecified atom stereocenters. The molecule has 2 rings (SSSR count). The van der Waals surface area contributed by atoms with E-state index in [-0.39, 0.29) is 22.7 Å². The second-order valence-corrected chi connectivity index (χ2v) is 6.12. The Hall–Kier alpha value is -1.64. The number of ketones is 2. The van der Waals surface area contributed by atoms with Crippen LogP contribution in [0.15, 0.2) is 18.2 Å². The molecule has 1 aliphatic rings. The van der Waals surface area contributed by atoms with Crippen LogP contribution >= 0.6 is 0 Å². The van der Waals surface area contributed by atoms with E-state index < -0.39 is 5.92 Å². The van der Waals surface area contributed by atoms with E-state index in [9.17, 15) is 14.7 Å². The molecule has 19 heavy (non-hydrogen) atoms. The smallest absolute Gasteiger partial charge is 0.148 e. The number of phenols is 1. The fourth-order valence-corrected chi connectivity index (χ4v) is 2.91. The zero-order valence-corrected chi connectivity index (χ0v) is 11.7. The number of rotatable bonds is 2. The van der Waals surface area contributed by atoms with Crippen molar-refractivity contribution >= 4 is 11.6 Å². The molecule has 0 spiro atoms. The first kappa shape index (κ1) is 13.8. The highest BCUT2D eigenvalue weighted by atomic mass is 16.3. The van der Waals surface area contributed by atoms with Gasteiger partial charge in [0, 0.05) is 12.8 Å². The molecular formula is C16H20O3. The molecule has 0 heterocycles. The summed E-state index contributed by atoms with van der Waals surface area (Å²) >= 11 is 0. The molecule has 1 N–H and O–H groups in total. The van der Waals surface area contributed by atoms with E-state index in [1.807, 2.05) is 20.8 Å². The fraction of sp³-hybridized carbons (Fsp3) is 0.500. The Morgan fingerprint density at radius 2 is 1.79 bits per heavy atom. The second kappa shape index (κ2) is 4.80. The third-order valence-corrected chi connectivity index (χ3v) is 3.77. The van der Waals surface area contributed by atoms with E-state index >= 15 is 0 Å². The maximum atomic E-state index is 12.3. The van der Waals surface area contributed by atoms with Crippen LogP contribution in [0.2, 0.25) is 0 Å². The van der Waals surface area contributed by atoms with E-state index in [2.05, 4.69) is 0 Å². The number of hydrogen-bond donors (Lipinski definition) is 1. The molecule has 0 aliphatic heterocycles. The quantitative estimate of drug-likeness (QED) is 0.832. The van der Waals surface area contributed by atoms with Crippen molar-refractivity contribution < 1.29 is 14.7 Å². The summed E-state index contributed by atoms with van der Waals surface area (Å²) in [5.41, 5.74) is 1.41. The van der Waals surface area contributed by atoms with E-state index in [1.54, 1.807) is 18.2 Å². The maximum Gasteiger partial charge on any atom is 0.148 e. The van der Waals surface area contributed by atoms with Gasteiger partial charge in [0.25, 0.3) is 0 Å². The molecular weight excluding hydrogens is 240 g/mol. The van der Waals surface area contributed by atoms with Gasteiger partial charge in [0.1, 0.15) is 23.2 Å². The molecule has 1 aromatic rings. The van der Waals surface area contributed by atoms with Crippen molar-refractivity contribution in [2.45, 2.75) is 46.0 Å². The fourth-order valence-electron chi connectivity index (χ4n) is 2.91. The molecule has 3 nitrogen and oxygen atoms in total. The van der Waals surface area contributed by atoms with Gasteiger partial charge in [-0.15, -0.1) is 0 Å². The van der Waals surface area contributed by atoms with Crippen LogP contribution in [0.1, 0.15) is 50.7 Å². The lowest BCUT2D eigenvalue weighted by Crippen LogP contribution is -2.36. The predicted molar refractivity (Wildman–Crippen MR) is 73.3 cm³/mol. The van der Waals surface area contributed by atoms with Crippen molar-refractivity contribution in [3.8, 4) is 5.75 Å². The Bertz CT molecular complexity index is 509. The number of hydrogen-bond acceptors (Lipinski definition) is 3. The molecule has 102 valence electrons. The van der Waals surface area contributed by atoms with Gasteiger partial charge in [-0.25, -0.2) is 0 Å². The topological polar surface area (TPSA) is 54.4 Å². The summed E-state index contributed by atoms with van der Waals surface area (Å²) in [6.45, 7) is 5.88. The molecule has 1 aliphatic carbocycles. The SMILES string of the molecule is CCc1ccc(O)cc1C1C(=O)CC(C)(C)CC1=O. The van der Waals surface area contributed by atoms with Gasteiger partial charge in [-0.05, 0) is 35.1 Å². The van der Waals surface area contributed by atoms with Crippen molar-refractivity contribution in [2.75, 3.05) is 0 Å². The minimum Gasteiger partial charge on any atom is -0.508 e. The summed E-state index contributed by atoms with van der Waals surface area (Å²) in [6, 6.07) is 4.96. The van der Waals surface area contributed by atoms with E-state index in [0.29, 0.717) is 18.4 Å². The van der Waals surface area contributed by atoms with Gasteiger partial charge in [-0.3, -0.25) is 9.59 Å². The molecule has 0 atom stereocenters. The summed E-state index contributed by atoms with van der Waals surface area (Å²) in [5, 5.41) is 9.62. The largest absolute Gasteiger partial charge is 0.508 e. The standard InChI is InChI=1S/C16H20O3/c1-4-10-5-6-11(17)7-12(10)15-13(18)8-16(2,3)9-14(15)19/h5-7,15,17H,4,8-9H2,1-3H3. The summed E-state index contributed by atoms with van der Waals surface area (Å²) in [4.78, 5) is 24.6. The number of Topliss-reactive ketones (excluding diaryl/α,β-unsaturated/α-hetero) is 2. The minimum atomic E-state index is -0.685. The van der Waals surface area contributed by atoms with Gasteiger partial charge < -0.3 is 5.11 Å². The van der Waals surface area contributed by atoms with Gasteiger partial charge in [-0.2, -0.15) is 0 Å². The normalized spacial score (nSPS) is 19.7. The highest BCUT2D eigenvalue weighted by Crippen LogP contribution is 2.39. The number of phenolic OH excluding ortho intramolecular Hbond substituents is 1. The summed E-state index contributed by atoms with van der Waals surface area (Å²) in [6.07, 6.45) is 1.58. The summed E-state index contributed by atoms with van der Waals surface area (Å²) in [5.74, 6) is -0.629. The molecule has 1 fully saturated rings. The van der Waals surface area contributed by atoms with Crippen LogP contribution in [0.3, 0.4) is 0 Å². The van der Waals surface area contributed by atoms with Crippen LogP contribution in [-0.4, -0.2) is 16.7 Å². The molecule has 0 saturated heterocycles. The Kier molecular flexibility index (Phi) is 3.48. The predicted octanol–water partition coefficient (Wildman–Crippen LogP) is 3.00. The van der Waals surface area contributed by atoms with Crippen molar-refractivity contribution in [2.24, 2.45) is 5.41 Å². The van der Waals surface area contributed by atoms with Gasteiger partial charge in [0.05, 0.1) is 0 Å². The minimum absolute atomic E-state index is 0.0263. The number of carbonyl (C=O) groups is 2. The van der Waals surface area contributed by atoms with Gasteiger partial charge in [0.2, 0.25) is 0 Å². The van der Waals surface area contributed by atoms with Crippen molar-refractivity contribution in [3.63, 3.8) is 0 Å². The van der Waals surface area contributed by atoms with Gasteiger partial charge >= 0.3 is 0 Å². The second-order valence-electron chi connectivity index (χ2n) is 6.12. The summed E-state index contributed by atoms with van der Waals surface area (Å²) < 4.78 is 0. The lowest BCUT2D eigenvalue weighted by molar-refractivity contribution is -0.135. The number of benzene rings is 1. The lowest BCUT2D eigenvalue weighted by Gasteiger charge is -2.32. The molecule has 1 aromatic carbocycles. The van der Waals surface area contributed by atoms with E-state index in [1.165, 1.54) is 0 Å². The first-order valence-electron chi connectivity index (χ1n) is 6.71. The van der Waals surface area contributed by atoms with Crippen molar-refractivity contribution in [1.82, 2.24) is 0 Å². The number of aromatic hydroxyl groups is 1. The third-order valence-electron chi connectivity index (χ3n) is 3.77. The Balaban J connectivity index is 2.44. The zero-order valence-electron chi connectivity index (χ0n) is 11.7. The van der Waals surface area contributed by atoms with Crippen molar-refractivity contribution in [3.05, 3.63) is 29.3 Å². The third kappa shape index (κ3) is 2.70. The molecule has 0 radical (unpaired) electrons. The molecule has 1 saturated carbocycles. The average Bonchev–Trinajstić information content (AvgIpc) is 2.26. The number of aryl methyl sites for hydroxylation is 1. The van der Waals surface area contributed by atoms with Gasteiger partial charge in [-0.1, -0.05) is 26.8 Å². The first-order chi connectivity index (χ1) is 8.84. The highest BCUT2D eigenvalue weighted by Gasteiger charge is 2.41. The Morgan fingerprint density at radius 1 is 1.21 bits per heavy atom. The molecule has 0 amide bonds. The molecule has 3 heteroatoms. The van der Waals surface area contributed by atoms with Crippen LogP contribution in [0.4, 0.5) is 0 Å². The lowest BCUT2D eigenvalue weighted by atomic mass is 9.69. The molecule has 0 bridgehead atoms. The molecule has 0 aromatic heterocycles. The first-order valence-corrected chi connectivity index (χ1v) is 6.71. The van der Waals surface area contributed by atoms with Crippen LogP contribution in [0.5, 0.6) is 5.75 Å². The number of carbonyl (C=O) groups excluding carboxylic acids is 2. The van der Waals surface area contributed by atoms with Crippen LogP contribution < -0.4 is 0 Å². The van der Waals surface area contributed by atoms with Crippen molar-refractivity contribution in [1.29, 1.82) is 0 Å². The van der Waals surface area contributed by atoms with E-state index in [0.717, 1.165) is 12.0 Å². The monoisotopic (exact) mass is 260 g/mol. The highest BCUT2D eigenvalue weighted by molar-refractivity contribution is 6.10. The Morgan fingerprint density at radius 3 is 2.32 bits per heavy atom. The van der Waals surface area contributed by atoms with Crippen LogP contribution in [0.25, 0.3) is 0 Å². The van der Waals surface area contributed by atoms with E-state index in [4.69, 9.17) is 0 Å². The van der Waals surface area contributed by atoms with Gasteiger partial charge in [0.15, 0.2) is 0 Å². The average molecular weight is 260 g/mol.